The molecule has 186 valence electrons. The molecule has 3 aromatic carbocycles. The highest BCUT2D eigenvalue weighted by atomic mass is 35.5. The molecule has 1 amide bonds. The highest BCUT2D eigenvalue weighted by molar-refractivity contribution is 6.34. The molecule has 4 aromatic rings. The van der Waals surface area contributed by atoms with Crippen LogP contribution in [0.15, 0.2) is 59.4 Å². The number of ether oxygens (including phenoxy) is 1. The fraction of sp³-hybridized carbons (Fsp3) is 0.192. The van der Waals surface area contributed by atoms with Gasteiger partial charge < -0.3 is 15.0 Å². The Hall–Kier alpha value is -4.11. The van der Waals surface area contributed by atoms with Crippen molar-refractivity contribution in [2.45, 2.75) is 13.3 Å². The summed E-state index contributed by atoms with van der Waals surface area (Å²) in [7, 11) is 5.43. The molecule has 0 saturated heterocycles. The molecule has 4 rings (SSSR count). The first kappa shape index (κ1) is 25.0. The van der Waals surface area contributed by atoms with Gasteiger partial charge in [0.2, 0.25) is 0 Å². The molecule has 0 fully saturated rings. The van der Waals surface area contributed by atoms with Gasteiger partial charge >= 0.3 is 11.7 Å². The third-order valence-electron chi connectivity index (χ3n) is 5.73. The van der Waals surface area contributed by atoms with E-state index < -0.39 is 17.7 Å². The Labute approximate surface area is 211 Å². The van der Waals surface area contributed by atoms with Crippen molar-refractivity contribution in [1.29, 1.82) is 0 Å². The van der Waals surface area contributed by atoms with Crippen molar-refractivity contribution < 1.29 is 18.7 Å². The molecule has 0 aliphatic rings. The highest BCUT2D eigenvalue weighted by Crippen LogP contribution is 2.35. The van der Waals surface area contributed by atoms with Gasteiger partial charge in [0.1, 0.15) is 5.82 Å². The number of carbonyl (C=O) groups excluding carboxylic acids is 2. The molecule has 1 N–H and O–H groups in total. The molecule has 0 saturated carbocycles. The van der Waals surface area contributed by atoms with Gasteiger partial charge in [-0.2, -0.15) is 0 Å². The molecule has 8 nitrogen and oxygen atoms in total. The monoisotopic (exact) mass is 510 g/mol. The molecule has 1 aromatic heterocycles. The van der Waals surface area contributed by atoms with Crippen LogP contribution < -0.4 is 20.6 Å². The summed E-state index contributed by atoms with van der Waals surface area (Å²) in [5, 5.41) is 2.51. The van der Waals surface area contributed by atoms with Crippen molar-refractivity contribution in [3.05, 3.63) is 81.5 Å². The standard InChI is InChI=1S/C26H24ClFN4O4/c1-5-22(33)36-24-18(29-25(34)23-16(27)8-6-9-17(23)28)10-7-11-20(24)32-19-13-12-15(30(2)3)14-21(19)31(4)26(32)35/h6-14H,5H2,1-4H3,(H,29,34). The summed E-state index contributed by atoms with van der Waals surface area (Å²) in [6.07, 6.45) is 0.0531. The van der Waals surface area contributed by atoms with Gasteiger partial charge in [0.25, 0.3) is 5.91 Å². The van der Waals surface area contributed by atoms with Gasteiger partial charge in [0.15, 0.2) is 5.75 Å². The van der Waals surface area contributed by atoms with Crippen LogP contribution in [0.5, 0.6) is 5.75 Å². The van der Waals surface area contributed by atoms with Gasteiger partial charge in [0, 0.05) is 33.3 Å². The lowest BCUT2D eigenvalue weighted by Gasteiger charge is -2.17. The number of benzene rings is 3. The van der Waals surface area contributed by atoms with Crippen molar-refractivity contribution in [3.8, 4) is 11.4 Å². The average Bonchev–Trinajstić information content (AvgIpc) is 3.09. The van der Waals surface area contributed by atoms with E-state index >= 15 is 0 Å². The van der Waals surface area contributed by atoms with Crippen molar-refractivity contribution in [3.63, 3.8) is 0 Å². The predicted molar refractivity (Wildman–Crippen MR) is 138 cm³/mol. The van der Waals surface area contributed by atoms with E-state index in [-0.39, 0.29) is 39.8 Å². The molecule has 0 aliphatic carbocycles. The van der Waals surface area contributed by atoms with Crippen LogP contribution in [0.4, 0.5) is 15.8 Å². The summed E-state index contributed by atoms with van der Waals surface area (Å²) < 4.78 is 22.8. The zero-order valence-corrected chi connectivity index (χ0v) is 20.9. The molecule has 0 bridgehead atoms. The third-order valence-corrected chi connectivity index (χ3v) is 6.05. The van der Waals surface area contributed by atoms with Crippen LogP contribution in [0.3, 0.4) is 0 Å². The molecule has 0 spiro atoms. The van der Waals surface area contributed by atoms with E-state index in [0.29, 0.717) is 11.0 Å². The van der Waals surface area contributed by atoms with Crippen molar-refractivity contribution in [2.75, 3.05) is 24.3 Å². The number of imidazole rings is 1. The molecular weight excluding hydrogens is 487 g/mol. The smallest absolute Gasteiger partial charge is 0.333 e. The number of anilines is 2. The number of para-hydroxylation sites is 1. The van der Waals surface area contributed by atoms with Crippen LogP contribution >= 0.6 is 11.6 Å². The fourth-order valence-electron chi connectivity index (χ4n) is 3.83. The summed E-state index contributed by atoms with van der Waals surface area (Å²) in [6.45, 7) is 1.62. The second kappa shape index (κ2) is 9.87. The van der Waals surface area contributed by atoms with Gasteiger partial charge in [-0.3, -0.25) is 18.7 Å². The van der Waals surface area contributed by atoms with Gasteiger partial charge in [-0.25, -0.2) is 9.18 Å². The Balaban J connectivity index is 1.91. The molecule has 10 heteroatoms. The van der Waals surface area contributed by atoms with E-state index in [2.05, 4.69) is 5.32 Å². The summed E-state index contributed by atoms with van der Waals surface area (Å²) in [6, 6.07) is 14.1. The van der Waals surface area contributed by atoms with Crippen molar-refractivity contribution in [1.82, 2.24) is 9.13 Å². The van der Waals surface area contributed by atoms with Crippen LogP contribution in [0.2, 0.25) is 5.02 Å². The molecule has 0 atom stereocenters. The lowest BCUT2D eigenvalue weighted by molar-refractivity contribution is -0.133. The number of aryl methyl sites for hydroxylation is 1. The molecule has 0 radical (unpaired) electrons. The second-order valence-corrected chi connectivity index (χ2v) is 8.68. The number of esters is 1. The number of halogens is 2. The normalized spacial score (nSPS) is 10.9. The van der Waals surface area contributed by atoms with Crippen molar-refractivity contribution in [2.24, 2.45) is 7.05 Å². The number of rotatable bonds is 6. The molecule has 0 aliphatic heterocycles. The number of fused-ring (bicyclic) bond motifs is 1. The molecule has 1 heterocycles. The molecular formula is C26H24ClFN4O4. The number of carbonyl (C=O) groups is 2. The van der Waals surface area contributed by atoms with Gasteiger partial charge in [-0.15, -0.1) is 0 Å². The largest absolute Gasteiger partial charge is 0.422 e. The first-order valence-corrected chi connectivity index (χ1v) is 11.5. The first-order valence-electron chi connectivity index (χ1n) is 11.1. The second-order valence-electron chi connectivity index (χ2n) is 8.28. The van der Waals surface area contributed by atoms with E-state index in [1.165, 1.54) is 27.3 Å². The summed E-state index contributed by atoms with van der Waals surface area (Å²) >= 11 is 6.05. The van der Waals surface area contributed by atoms with Gasteiger partial charge in [-0.05, 0) is 42.5 Å². The van der Waals surface area contributed by atoms with E-state index in [9.17, 15) is 18.8 Å². The maximum atomic E-state index is 14.4. The fourth-order valence-corrected chi connectivity index (χ4v) is 4.08. The Kier molecular flexibility index (Phi) is 6.85. The van der Waals surface area contributed by atoms with Crippen LogP contribution in [0.25, 0.3) is 16.7 Å². The summed E-state index contributed by atoms with van der Waals surface area (Å²) in [4.78, 5) is 40.5. The minimum atomic E-state index is -0.829. The zero-order valence-electron chi connectivity index (χ0n) is 20.1. The third kappa shape index (κ3) is 4.45. The van der Waals surface area contributed by atoms with Gasteiger partial charge in [-0.1, -0.05) is 30.7 Å². The predicted octanol–water partition coefficient (Wildman–Crippen LogP) is 4.76. The minimum Gasteiger partial charge on any atom is -0.422 e. The quantitative estimate of drug-likeness (QED) is 0.299. The molecule has 36 heavy (non-hydrogen) atoms. The summed E-state index contributed by atoms with van der Waals surface area (Å²) in [5.41, 5.74) is 1.71. The summed E-state index contributed by atoms with van der Waals surface area (Å²) in [5.74, 6) is -2.25. The Morgan fingerprint density at radius 3 is 2.47 bits per heavy atom. The number of nitrogens with one attached hydrogen (secondary N) is 1. The Morgan fingerprint density at radius 1 is 1.08 bits per heavy atom. The lowest BCUT2D eigenvalue weighted by Crippen LogP contribution is -2.23. The van der Waals surface area contributed by atoms with Crippen LogP contribution in [-0.4, -0.2) is 35.1 Å². The molecule has 0 unspecified atom stereocenters. The number of hydrogen-bond donors (Lipinski definition) is 1. The number of hydrogen-bond acceptors (Lipinski definition) is 5. The lowest BCUT2D eigenvalue weighted by atomic mass is 10.1. The van der Waals surface area contributed by atoms with Crippen LogP contribution in [0, 0.1) is 5.82 Å². The van der Waals surface area contributed by atoms with Gasteiger partial charge in [0.05, 0.1) is 33.0 Å². The van der Waals surface area contributed by atoms with E-state index in [4.69, 9.17) is 16.3 Å². The van der Waals surface area contributed by atoms with E-state index in [1.807, 2.05) is 31.1 Å². The average molecular weight is 511 g/mol. The van der Waals surface area contributed by atoms with E-state index in [0.717, 1.165) is 11.8 Å². The van der Waals surface area contributed by atoms with Crippen LogP contribution in [-0.2, 0) is 11.8 Å². The van der Waals surface area contributed by atoms with Crippen LogP contribution in [0.1, 0.15) is 23.7 Å². The highest BCUT2D eigenvalue weighted by Gasteiger charge is 2.23. The minimum absolute atomic E-state index is 0.0450. The first-order chi connectivity index (χ1) is 17.1. The zero-order chi connectivity index (χ0) is 26.1. The Morgan fingerprint density at radius 2 is 1.81 bits per heavy atom. The SMILES string of the molecule is CCC(=O)Oc1c(NC(=O)c2c(F)cccc2Cl)cccc1-n1c(=O)n(C)c2cc(N(C)C)ccc21. The van der Waals surface area contributed by atoms with Crippen molar-refractivity contribution >= 4 is 45.9 Å². The number of nitrogens with zero attached hydrogens (tertiary/aromatic N) is 3. The maximum absolute atomic E-state index is 14.4. The maximum Gasteiger partial charge on any atom is 0.333 e. The topological polar surface area (TPSA) is 85.6 Å². The number of aromatic nitrogens is 2. The van der Waals surface area contributed by atoms with E-state index in [1.54, 1.807) is 32.2 Å². The Bertz CT molecular complexity index is 1540. The number of amides is 1.